The van der Waals surface area contributed by atoms with Gasteiger partial charge in [-0.2, -0.15) is 0 Å². The summed E-state index contributed by atoms with van der Waals surface area (Å²) >= 11 is 0. The normalized spacial score (nSPS) is 15.4. The van der Waals surface area contributed by atoms with Crippen LogP contribution in [0.4, 0.5) is 21.9 Å². The lowest BCUT2D eigenvalue weighted by atomic mass is 10.0. The Morgan fingerprint density at radius 1 is 1.07 bits per heavy atom. The van der Waals surface area contributed by atoms with Gasteiger partial charge >= 0.3 is 6.03 Å². The number of nitro benzene ring substituents is 1. The van der Waals surface area contributed by atoms with E-state index in [0.717, 1.165) is 10.5 Å². The molecule has 0 saturated carbocycles. The molecule has 30 heavy (non-hydrogen) atoms. The highest BCUT2D eigenvalue weighted by molar-refractivity contribution is 6.39. The maximum absolute atomic E-state index is 13.1. The summed E-state index contributed by atoms with van der Waals surface area (Å²) in [5, 5.41) is 13.3. The average molecular weight is 408 g/mol. The fraction of sp³-hybridized carbons (Fsp3) is 0.190. The number of urea groups is 1. The van der Waals surface area contributed by atoms with Crippen LogP contribution in [-0.4, -0.2) is 36.9 Å². The summed E-state index contributed by atoms with van der Waals surface area (Å²) in [7, 11) is 3.47. The Kier molecular flexibility index (Phi) is 5.37. The van der Waals surface area contributed by atoms with Crippen LogP contribution in [0.25, 0.3) is 6.08 Å². The van der Waals surface area contributed by atoms with Crippen LogP contribution in [0.3, 0.4) is 0 Å². The van der Waals surface area contributed by atoms with Crippen LogP contribution in [0.1, 0.15) is 16.7 Å². The first-order valence-corrected chi connectivity index (χ1v) is 9.04. The van der Waals surface area contributed by atoms with Gasteiger partial charge in [0.05, 0.1) is 10.6 Å². The van der Waals surface area contributed by atoms with Crippen LogP contribution in [-0.2, 0) is 9.59 Å². The van der Waals surface area contributed by atoms with Crippen molar-refractivity contribution in [1.82, 2.24) is 5.32 Å². The highest BCUT2D eigenvalue weighted by Crippen LogP contribution is 2.29. The molecule has 4 amide bonds. The number of nitrogens with zero attached hydrogens (tertiary/aromatic N) is 3. The van der Waals surface area contributed by atoms with E-state index in [4.69, 9.17) is 0 Å². The number of imide groups is 2. The predicted octanol–water partition coefficient (Wildman–Crippen LogP) is 2.94. The van der Waals surface area contributed by atoms with Gasteiger partial charge in [-0.25, -0.2) is 9.69 Å². The molecule has 1 saturated heterocycles. The largest absolute Gasteiger partial charge is 0.377 e. The molecule has 0 aromatic heterocycles. The number of nitro groups is 1. The Hall–Kier alpha value is -4.01. The van der Waals surface area contributed by atoms with E-state index in [0.29, 0.717) is 22.5 Å². The van der Waals surface area contributed by atoms with Gasteiger partial charge in [0.1, 0.15) is 5.57 Å². The van der Waals surface area contributed by atoms with Crippen LogP contribution in [0.15, 0.2) is 42.0 Å². The second-order valence-electron chi connectivity index (χ2n) is 7.14. The summed E-state index contributed by atoms with van der Waals surface area (Å²) in [5.74, 6) is -1.66. The van der Waals surface area contributed by atoms with Crippen LogP contribution in [0.2, 0.25) is 0 Å². The van der Waals surface area contributed by atoms with E-state index in [-0.39, 0.29) is 11.3 Å². The van der Waals surface area contributed by atoms with Gasteiger partial charge in [0, 0.05) is 37.5 Å². The monoisotopic (exact) mass is 408 g/mol. The molecule has 2 aromatic rings. The first-order chi connectivity index (χ1) is 14.1. The van der Waals surface area contributed by atoms with Crippen LogP contribution >= 0.6 is 0 Å². The third-order valence-corrected chi connectivity index (χ3v) is 4.70. The zero-order valence-electron chi connectivity index (χ0n) is 16.9. The number of barbiturate groups is 1. The summed E-state index contributed by atoms with van der Waals surface area (Å²) in [6.07, 6.45) is 1.27. The van der Waals surface area contributed by atoms with E-state index in [9.17, 15) is 24.5 Å². The summed E-state index contributed by atoms with van der Waals surface area (Å²) in [6, 6.07) is 8.51. The molecule has 1 N–H and O–H groups in total. The Morgan fingerprint density at radius 3 is 2.37 bits per heavy atom. The van der Waals surface area contributed by atoms with E-state index in [1.165, 1.54) is 24.3 Å². The smallest absolute Gasteiger partial charge is 0.335 e. The van der Waals surface area contributed by atoms with Gasteiger partial charge in [-0.3, -0.25) is 25.0 Å². The molecule has 0 spiro atoms. The molecule has 2 aromatic carbocycles. The molecular weight excluding hydrogens is 388 g/mol. The van der Waals surface area contributed by atoms with E-state index in [1.54, 1.807) is 38.1 Å². The second kappa shape index (κ2) is 7.78. The number of carbonyl (C=O) groups excluding carboxylic acids is 3. The number of hydrogen-bond acceptors (Lipinski definition) is 6. The number of amides is 4. The van der Waals surface area contributed by atoms with E-state index in [1.807, 2.05) is 13.0 Å². The van der Waals surface area contributed by atoms with Gasteiger partial charge in [0.15, 0.2) is 0 Å². The third-order valence-electron chi connectivity index (χ3n) is 4.70. The molecule has 9 heteroatoms. The average Bonchev–Trinajstić information content (AvgIpc) is 2.66. The molecule has 0 aliphatic carbocycles. The second-order valence-corrected chi connectivity index (χ2v) is 7.14. The van der Waals surface area contributed by atoms with Crippen molar-refractivity contribution >= 4 is 41.0 Å². The van der Waals surface area contributed by atoms with Gasteiger partial charge in [-0.05, 0) is 37.6 Å². The van der Waals surface area contributed by atoms with Gasteiger partial charge in [0.2, 0.25) is 0 Å². The van der Waals surface area contributed by atoms with Gasteiger partial charge in [-0.1, -0.05) is 17.7 Å². The zero-order valence-corrected chi connectivity index (χ0v) is 16.9. The maximum Gasteiger partial charge on any atom is 0.335 e. The van der Waals surface area contributed by atoms with Crippen molar-refractivity contribution in [2.24, 2.45) is 0 Å². The minimum atomic E-state index is -0.859. The number of nitrogens with one attached hydrogen (secondary N) is 1. The number of carbonyl (C=O) groups is 3. The molecular formula is C21H20N4O5. The highest BCUT2D eigenvalue weighted by Gasteiger charge is 2.37. The lowest BCUT2D eigenvalue weighted by molar-refractivity contribution is -0.384. The fourth-order valence-electron chi connectivity index (χ4n) is 3.27. The minimum absolute atomic E-state index is 0.182. The van der Waals surface area contributed by atoms with Crippen molar-refractivity contribution < 1.29 is 19.3 Å². The van der Waals surface area contributed by atoms with E-state index >= 15 is 0 Å². The molecule has 0 bridgehead atoms. The quantitative estimate of drug-likeness (QED) is 0.360. The third kappa shape index (κ3) is 3.77. The number of non-ortho nitro benzene ring substituents is 1. The van der Waals surface area contributed by atoms with Gasteiger partial charge in [0.25, 0.3) is 17.5 Å². The number of aryl methyl sites for hydroxylation is 2. The van der Waals surface area contributed by atoms with Crippen molar-refractivity contribution in [3.63, 3.8) is 0 Å². The zero-order chi connectivity index (χ0) is 22.2. The summed E-state index contributed by atoms with van der Waals surface area (Å²) in [6.45, 7) is 3.64. The Balaban J connectivity index is 2.13. The Labute approximate surface area is 172 Å². The molecule has 9 nitrogen and oxygen atoms in total. The molecule has 0 unspecified atom stereocenters. The summed E-state index contributed by atoms with van der Waals surface area (Å²) < 4.78 is 0. The molecule has 1 aliphatic heterocycles. The standard InChI is InChI=1S/C21H20N4O5/c1-12-5-7-17(13(2)9-12)24-20(27)16(19(26)22-21(24)28)11-14-10-15(25(29)30)6-8-18(14)23(3)4/h5-11H,1-4H3,(H,22,26,28)/b16-11-. The molecule has 0 radical (unpaired) electrons. The van der Waals surface area contributed by atoms with Crippen molar-refractivity contribution in [2.45, 2.75) is 13.8 Å². The van der Waals surface area contributed by atoms with Crippen molar-refractivity contribution in [3.8, 4) is 0 Å². The summed E-state index contributed by atoms with van der Waals surface area (Å²) in [5.41, 5.74) is 2.41. The number of hydrogen-bond donors (Lipinski definition) is 1. The van der Waals surface area contributed by atoms with E-state index < -0.39 is 22.8 Å². The Bertz CT molecular complexity index is 1120. The molecule has 1 fully saturated rings. The molecule has 1 heterocycles. The maximum atomic E-state index is 13.1. The molecule has 0 atom stereocenters. The van der Waals surface area contributed by atoms with Crippen molar-refractivity contribution in [1.29, 1.82) is 0 Å². The number of benzene rings is 2. The van der Waals surface area contributed by atoms with Crippen molar-refractivity contribution in [2.75, 3.05) is 23.9 Å². The minimum Gasteiger partial charge on any atom is -0.377 e. The Morgan fingerprint density at radius 2 is 1.77 bits per heavy atom. The molecule has 154 valence electrons. The number of anilines is 2. The predicted molar refractivity (Wildman–Crippen MR) is 112 cm³/mol. The molecule has 3 rings (SSSR count). The van der Waals surface area contributed by atoms with Crippen LogP contribution in [0, 0.1) is 24.0 Å². The van der Waals surface area contributed by atoms with E-state index in [2.05, 4.69) is 5.32 Å². The van der Waals surface area contributed by atoms with Gasteiger partial charge < -0.3 is 4.90 Å². The lowest BCUT2D eigenvalue weighted by Crippen LogP contribution is -2.54. The fourth-order valence-corrected chi connectivity index (χ4v) is 3.27. The van der Waals surface area contributed by atoms with Gasteiger partial charge in [-0.15, -0.1) is 0 Å². The number of rotatable bonds is 4. The highest BCUT2D eigenvalue weighted by atomic mass is 16.6. The summed E-state index contributed by atoms with van der Waals surface area (Å²) in [4.78, 5) is 51.2. The first-order valence-electron chi connectivity index (χ1n) is 9.04. The molecule has 1 aliphatic rings. The lowest BCUT2D eigenvalue weighted by Gasteiger charge is -2.28. The van der Waals surface area contributed by atoms with Crippen LogP contribution in [0.5, 0.6) is 0 Å². The van der Waals surface area contributed by atoms with Crippen LogP contribution < -0.4 is 15.1 Å². The topological polar surface area (TPSA) is 113 Å². The van der Waals surface area contributed by atoms with Crippen molar-refractivity contribution in [3.05, 3.63) is 68.8 Å². The SMILES string of the molecule is Cc1ccc(N2C(=O)NC(=O)/C(=C/c3cc([N+](=O)[O-])ccc3N(C)C)C2=O)c(C)c1. The first kappa shape index (κ1) is 20.7.